The molecule has 0 bridgehead atoms. The van der Waals surface area contributed by atoms with Crippen molar-refractivity contribution in [3.8, 4) is 11.5 Å². The van der Waals surface area contributed by atoms with Gasteiger partial charge < -0.3 is 20.1 Å². The molecule has 0 radical (unpaired) electrons. The van der Waals surface area contributed by atoms with Crippen molar-refractivity contribution in [2.75, 3.05) is 31.6 Å². The highest BCUT2D eigenvalue weighted by Gasteiger charge is 2.24. The van der Waals surface area contributed by atoms with Gasteiger partial charge in [0.15, 0.2) is 11.5 Å². The highest BCUT2D eigenvalue weighted by atomic mass is 79.9. The fourth-order valence-corrected chi connectivity index (χ4v) is 2.69. The summed E-state index contributed by atoms with van der Waals surface area (Å²) < 4.78 is 11.8. The molecule has 0 aliphatic carbocycles. The quantitative estimate of drug-likeness (QED) is 0.869. The van der Waals surface area contributed by atoms with Crippen LogP contribution < -0.4 is 20.1 Å². The number of carbonyl (C=O) groups excluding carboxylic acids is 1. The summed E-state index contributed by atoms with van der Waals surface area (Å²) in [6.45, 7) is 2.74. The van der Waals surface area contributed by atoms with Crippen molar-refractivity contribution in [2.24, 2.45) is 5.92 Å². The van der Waals surface area contributed by atoms with Gasteiger partial charge in [-0.05, 0) is 28.9 Å². The predicted octanol–water partition coefficient (Wildman–Crippen LogP) is 1.77. The van der Waals surface area contributed by atoms with Gasteiger partial charge in [0.2, 0.25) is 5.91 Å². The maximum atomic E-state index is 12.1. The lowest BCUT2D eigenvalue weighted by atomic mass is 10.1. The number of fused-ring (bicyclic) bond motifs is 1. The van der Waals surface area contributed by atoms with Crippen LogP contribution >= 0.6 is 15.9 Å². The first-order chi connectivity index (χ1) is 9.24. The molecule has 1 atom stereocenters. The van der Waals surface area contributed by atoms with Crippen LogP contribution in [0.2, 0.25) is 0 Å². The van der Waals surface area contributed by atoms with Gasteiger partial charge in [0.05, 0.1) is 11.6 Å². The molecule has 0 aromatic heterocycles. The average molecular weight is 327 g/mol. The number of anilines is 1. The minimum Gasteiger partial charge on any atom is -0.486 e. The molecule has 1 unspecified atom stereocenters. The average Bonchev–Trinajstić information content (AvgIpc) is 2.93. The minimum atomic E-state index is 0.0418. The van der Waals surface area contributed by atoms with E-state index in [9.17, 15) is 4.79 Å². The van der Waals surface area contributed by atoms with Crippen molar-refractivity contribution in [1.29, 1.82) is 0 Å². The van der Waals surface area contributed by atoms with Crippen LogP contribution in [0.15, 0.2) is 16.6 Å². The van der Waals surface area contributed by atoms with Gasteiger partial charge in [-0.3, -0.25) is 4.79 Å². The Morgan fingerprint density at radius 1 is 1.32 bits per heavy atom. The Labute approximate surface area is 119 Å². The summed E-state index contributed by atoms with van der Waals surface area (Å²) in [6.07, 6.45) is 0.883. The second-order valence-electron chi connectivity index (χ2n) is 4.65. The highest BCUT2D eigenvalue weighted by molar-refractivity contribution is 9.10. The molecule has 102 valence electrons. The third kappa shape index (κ3) is 2.69. The molecule has 19 heavy (non-hydrogen) atoms. The van der Waals surface area contributed by atoms with Crippen LogP contribution in [0.25, 0.3) is 0 Å². The van der Waals surface area contributed by atoms with E-state index in [0.717, 1.165) is 29.7 Å². The zero-order valence-corrected chi connectivity index (χ0v) is 12.0. The standard InChI is InChI=1S/C13H15BrN2O3/c14-9-5-11-12(19-4-3-18-11)6-10(9)16-13(17)8-1-2-15-7-8/h5-6,8,15H,1-4,7H2,(H,16,17). The molecule has 1 fully saturated rings. The van der Waals surface area contributed by atoms with E-state index in [1.54, 1.807) is 6.07 Å². The van der Waals surface area contributed by atoms with Gasteiger partial charge in [-0.15, -0.1) is 0 Å². The smallest absolute Gasteiger partial charge is 0.228 e. The van der Waals surface area contributed by atoms with Crippen molar-refractivity contribution >= 4 is 27.5 Å². The maximum Gasteiger partial charge on any atom is 0.228 e. The number of halogens is 1. The normalized spacial score (nSPS) is 21.2. The second kappa shape index (κ2) is 5.38. The Bertz CT molecular complexity index is 501. The number of amides is 1. The number of benzene rings is 1. The molecule has 2 N–H and O–H groups in total. The summed E-state index contributed by atoms with van der Waals surface area (Å²) >= 11 is 3.45. The molecule has 2 heterocycles. The number of rotatable bonds is 2. The Morgan fingerprint density at radius 2 is 2.05 bits per heavy atom. The molecule has 5 nitrogen and oxygen atoms in total. The molecule has 1 saturated heterocycles. The van der Waals surface area contributed by atoms with Crippen molar-refractivity contribution in [2.45, 2.75) is 6.42 Å². The Kier molecular flexibility index (Phi) is 3.61. The van der Waals surface area contributed by atoms with Crippen molar-refractivity contribution in [1.82, 2.24) is 5.32 Å². The van der Waals surface area contributed by atoms with Gasteiger partial charge in [-0.25, -0.2) is 0 Å². The lowest BCUT2D eigenvalue weighted by Crippen LogP contribution is -2.25. The van der Waals surface area contributed by atoms with Crippen molar-refractivity contribution in [3.05, 3.63) is 16.6 Å². The topological polar surface area (TPSA) is 59.6 Å². The first-order valence-corrected chi connectivity index (χ1v) is 7.14. The second-order valence-corrected chi connectivity index (χ2v) is 5.51. The number of hydrogen-bond acceptors (Lipinski definition) is 4. The number of hydrogen-bond donors (Lipinski definition) is 2. The van der Waals surface area contributed by atoms with Crippen LogP contribution in [0, 0.1) is 5.92 Å². The van der Waals surface area contributed by atoms with Crippen LogP contribution in [0.4, 0.5) is 5.69 Å². The molecule has 6 heteroatoms. The monoisotopic (exact) mass is 326 g/mol. The first kappa shape index (κ1) is 12.7. The van der Waals surface area contributed by atoms with Gasteiger partial charge >= 0.3 is 0 Å². The minimum absolute atomic E-state index is 0.0418. The van der Waals surface area contributed by atoms with Gasteiger partial charge in [0.1, 0.15) is 13.2 Å². The van der Waals surface area contributed by atoms with E-state index in [1.165, 1.54) is 0 Å². The van der Waals surface area contributed by atoms with Gasteiger partial charge in [-0.2, -0.15) is 0 Å². The zero-order valence-electron chi connectivity index (χ0n) is 10.4. The Hall–Kier alpha value is -1.27. The van der Waals surface area contributed by atoms with Crippen LogP contribution in [0.1, 0.15) is 6.42 Å². The van der Waals surface area contributed by atoms with E-state index < -0.39 is 0 Å². The van der Waals surface area contributed by atoms with Gasteiger partial charge in [0.25, 0.3) is 0 Å². The largest absolute Gasteiger partial charge is 0.486 e. The molecule has 3 rings (SSSR count). The van der Waals surface area contributed by atoms with E-state index in [-0.39, 0.29) is 11.8 Å². The third-order valence-corrected chi connectivity index (χ3v) is 3.98. The summed E-state index contributed by atoms with van der Waals surface area (Å²) in [4.78, 5) is 12.1. The molecule has 0 spiro atoms. The maximum absolute atomic E-state index is 12.1. The summed E-state index contributed by atoms with van der Waals surface area (Å²) in [5, 5.41) is 6.13. The van der Waals surface area contributed by atoms with E-state index in [0.29, 0.717) is 24.7 Å². The number of carbonyl (C=O) groups is 1. The fraction of sp³-hybridized carbons (Fsp3) is 0.462. The molecule has 1 amide bonds. The molecule has 2 aliphatic rings. The molecular formula is C13H15BrN2O3. The lowest BCUT2D eigenvalue weighted by Gasteiger charge is -2.20. The van der Waals surface area contributed by atoms with E-state index in [2.05, 4.69) is 26.6 Å². The molecule has 1 aromatic rings. The van der Waals surface area contributed by atoms with Crippen LogP contribution in [-0.4, -0.2) is 32.2 Å². The van der Waals surface area contributed by atoms with Crippen LogP contribution in [0.3, 0.4) is 0 Å². The summed E-state index contributed by atoms with van der Waals surface area (Å²) in [7, 11) is 0. The van der Waals surface area contributed by atoms with Crippen LogP contribution in [0.5, 0.6) is 11.5 Å². The predicted molar refractivity (Wildman–Crippen MR) is 74.7 cm³/mol. The summed E-state index contributed by atoms with van der Waals surface area (Å²) in [6, 6.07) is 3.63. The summed E-state index contributed by atoms with van der Waals surface area (Å²) in [5.74, 6) is 1.47. The van der Waals surface area contributed by atoms with Gasteiger partial charge in [-0.1, -0.05) is 0 Å². The van der Waals surface area contributed by atoms with Gasteiger partial charge in [0, 0.05) is 23.2 Å². The Morgan fingerprint density at radius 3 is 2.74 bits per heavy atom. The Balaban J connectivity index is 1.78. The molecule has 0 saturated carbocycles. The highest BCUT2D eigenvalue weighted by Crippen LogP contribution is 2.38. The first-order valence-electron chi connectivity index (χ1n) is 6.35. The number of nitrogens with one attached hydrogen (secondary N) is 2. The SMILES string of the molecule is O=C(Nc1cc2c(cc1Br)OCCO2)C1CCNC1. The van der Waals surface area contributed by atoms with Crippen molar-refractivity contribution in [3.63, 3.8) is 0 Å². The van der Waals surface area contributed by atoms with Crippen LogP contribution in [-0.2, 0) is 4.79 Å². The lowest BCUT2D eigenvalue weighted by molar-refractivity contribution is -0.119. The molecule has 1 aromatic carbocycles. The van der Waals surface area contributed by atoms with E-state index in [4.69, 9.17) is 9.47 Å². The summed E-state index contributed by atoms with van der Waals surface area (Å²) in [5.41, 5.74) is 0.723. The fourth-order valence-electron chi connectivity index (χ4n) is 2.27. The molecule has 2 aliphatic heterocycles. The van der Waals surface area contributed by atoms with Crippen molar-refractivity contribution < 1.29 is 14.3 Å². The zero-order chi connectivity index (χ0) is 13.2. The number of ether oxygens (including phenoxy) is 2. The molecular weight excluding hydrogens is 312 g/mol. The van der Waals surface area contributed by atoms with E-state index >= 15 is 0 Å². The third-order valence-electron chi connectivity index (χ3n) is 3.32. The van der Waals surface area contributed by atoms with E-state index in [1.807, 2.05) is 6.07 Å².